The number of aryl methyl sites for hydroxylation is 1. The highest BCUT2D eigenvalue weighted by Crippen LogP contribution is 2.27. The number of nitrogens with one attached hydrogen (secondary N) is 4. The number of rotatable bonds is 5. The van der Waals surface area contributed by atoms with Crippen molar-refractivity contribution in [1.29, 1.82) is 10.8 Å². The molecule has 4 aromatic rings. The number of carbonyl (C=O) groups is 2. The number of carbonyl (C=O) groups excluding carboxylic acids is 2. The monoisotopic (exact) mass is 564 g/mol. The Kier molecular flexibility index (Phi) is 7.21. The standard InChI is InChI=1S/C25H21FN8O3S2/c26-14-3-1-2-12(6-14)21(28)39-22(29)24(36)33-16-11-31-20-5-4-17(34(20)25(16)37)23(35)32-10-15-7-13-9-30-19(27)8-18(13)38-15/h1-3,6-9,11,17,28-29H,4-5,10H2,(H2,27,30)(H,32,35)(H,33,36). The maximum Gasteiger partial charge on any atom is 0.280 e. The molecule has 1 atom stereocenters. The fourth-order valence-corrected chi connectivity index (χ4v) is 5.75. The molecule has 0 spiro atoms. The van der Waals surface area contributed by atoms with Crippen molar-refractivity contribution in [3.05, 3.63) is 81.2 Å². The van der Waals surface area contributed by atoms with Crippen molar-refractivity contribution in [2.75, 3.05) is 11.1 Å². The number of thiophene rings is 1. The molecule has 198 valence electrons. The molecule has 11 nitrogen and oxygen atoms in total. The second-order valence-electron chi connectivity index (χ2n) is 8.62. The number of nitrogen functional groups attached to an aromatic ring is 1. The van der Waals surface area contributed by atoms with Gasteiger partial charge in [-0.25, -0.2) is 14.4 Å². The average Bonchev–Trinajstić information content (AvgIpc) is 3.53. The van der Waals surface area contributed by atoms with Crippen molar-refractivity contribution in [3.8, 4) is 0 Å². The summed E-state index contributed by atoms with van der Waals surface area (Å²) in [6.07, 6.45) is 3.64. The predicted octanol–water partition coefficient (Wildman–Crippen LogP) is 3.05. The van der Waals surface area contributed by atoms with Crippen LogP contribution in [0.25, 0.3) is 10.1 Å². The van der Waals surface area contributed by atoms with Gasteiger partial charge in [0.1, 0.15) is 34.2 Å². The quantitative estimate of drug-likeness (QED) is 0.182. The molecule has 0 saturated carbocycles. The first-order chi connectivity index (χ1) is 18.7. The van der Waals surface area contributed by atoms with Gasteiger partial charge in [0.25, 0.3) is 11.5 Å². The van der Waals surface area contributed by atoms with Gasteiger partial charge < -0.3 is 16.4 Å². The van der Waals surface area contributed by atoms with Crippen molar-refractivity contribution in [1.82, 2.24) is 19.9 Å². The molecule has 0 aliphatic carbocycles. The van der Waals surface area contributed by atoms with Gasteiger partial charge in [-0.2, -0.15) is 0 Å². The first-order valence-corrected chi connectivity index (χ1v) is 13.3. The van der Waals surface area contributed by atoms with Gasteiger partial charge in [-0.3, -0.25) is 29.8 Å². The molecule has 0 saturated heterocycles. The molecule has 14 heteroatoms. The molecule has 4 heterocycles. The number of halogens is 1. The Morgan fingerprint density at radius 3 is 2.82 bits per heavy atom. The van der Waals surface area contributed by atoms with Crippen molar-refractivity contribution in [3.63, 3.8) is 0 Å². The number of thioether (sulfide) groups is 1. The van der Waals surface area contributed by atoms with E-state index in [1.54, 1.807) is 12.3 Å². The van der Waals surface area contributed by atoms with Crippen LogP contribution in [0.15, 0.2) is 53.6 Å². The van der Waals surface area contributed by atoms with E-state index in [9.17, 15) is 18.8 Å². The van der Waals surface area contributed by atoms with Crippen LogP contribution in [0.3, 0.4) is 0 Å². The van der Waals surface area contributed by atoms with Gasteiger partial charge in [-0.15, -0.1) is 11.3 Å². The van der Waals surface area contributed by atoms with Crippen LogP contribution < -0.4 is 21.9 Å². The van der Waals surface area contributed by atoms with Gasteiger partial charge >= 0.3 is 0 Å². The van der Waals surface area contributed by atoms with Crippen LogP contribution in [0.2, 0.25) is 0 Å². The number of hydrogen-bond donors (Lipinski definition) is 5. The van der Waals surface area contributed by atoms with Crippen molar-refractivity contribution >= 4 is 66.6 Å². The van der Waals surface area contributed by atoms with E-state index >= 15 is 0 Å². The number of hydrogen-bond acceptors (Lipinski definition) is 10. The van der Waals surface area contributed by atoms with Crippen molar-refractivity contribution in [2.24, 2.45) is 0 Å². The van der Waals surface area contributed by atoms with E-state index < -0.39 is 28.4 Å². The lowest BCUT2D eigenvalue weighted by molar-refractivity contribution is -0.124. The summed E-state index contributed by atoms with van der Waals surface area (Å²) in [7, 11) is 0. The molecule has 2 amide bonds. The highest BCUT2D eigenvalue weighted by atomic mass is 32.2. The number of amides is 2. The Hall–Kier alpha value is -4.43. The Labute approximate surface area is 228 Å². The summed E-state index contributed by atoms with van der Waals surface area (Å²) < 4.78 is 15.6. The maximum absolute atomic E-state index is 13.4. The highest BCUT2D eigenvalue weighted by molar-refractivity contribution is 8.28. The molecular formula is C25H21FN8O3S2. The number of nitrogens with zero attached hydrogens (tertiary/aromatic N) is 3. The van der Waals surface area contributed by atoms with Gasteiger partial charge in [0.05, 0.1) is 12.7 Å². The second-order valence-corrected chi connectivity index (χ2v) is 10.8. The van der Waals surface area contributed by atoms with Gasteiger partial charge in [0.15, 0.2) is 5.04 Å². The third kappa shape index (κ3) is 5.56. The van der Waals surface area contributed by atoms with Gasteiger partial charge in [-0.05, 0) is 42.4 Å². The molecule has 1 aromatic carbocycles. The van der Waals surface area contributed by atoms with Gasteiger partial charge in [0, 0.05) is 33.1 Å². The fraction of sp³-hybridized carbons (Fsp3) is 0.160. The number of pyridine rings is 1. The van der Waals surface area contributed by atoms with Crippen molar-refractivity contribution in [2.45, 2.75) is 25.4 Å². The smallest absolute Gasteiger partial charge is 0.280 e. The summed E-state index contributed by atoms with van der Waals surface area (Å²) in [6, 6.07) is 8.12. The molecule has 5 rings (SSSR count). The number of benzene rings is 1. The number of fused-ring (bicyclic) bond motifs is 2. The van der Waals surface area contributed by atoms with Crippen LogP contribution in [0.1, 0.15) is 28.7 Å². The van der Waals surface area contributed by atoms with E-state index in [4.69, 9.17) is 16.6 Å². The van der Waals surface area contributed by atoms with E-state index in [0.717, 1.165) is 21.0 Å². The van der Waals surface area contributed by atoms with E-state index in [1.165, 1.54) is 40.3 Å². The summed E-state index contributed by atoms with van der Waals surface area (Å²) in [5.74, 6) is -1.01. The van der Waals surface area contributed by atoms with Crippen LogP contribution in [-0.2, 0) is 22.6 Å². The Bertz CT molecular complexity index is 1720. The highest BCUT2D eigenvalue weighted by Gasteiger charge is 2.31. The van der Waals surface area contributed by atoms with Crippen LogP contribution >= 0.6 is 23.1 Å². The zero-order chi connectivity index (χ0) is 27.7. The molecule has 39 heavy (non-hydrogen) atoms. The zero-order valence-electron chi connectivity index (χ0n) is 20.2. The zero-order valence-corrected chi connectivity index (χ0v) is 21.8. The van der Waals surface area contributed by atoms with Crippen LogP contribution in [0.5, 0.6) is 0 Å². The van der Waals surface area contributed by atoms with E-state index in [2.05, 4.69) is 20.6 Å². The van der Waals surface area contributed by atoms with Crippen LogP contribution in [-0.4, -0.2) is 36.4 Å². The van der Waals surface area contributed by atoms with E-state index in [1.807, 2.05) is 6.07 Å². The normalized spacial score (nSPS) is 14.1. The first kappa shape index (κ1) is 26.2. The van der Waals surface area contributed by atoms with Crippen LogP contribution in [0, 0.1) is 16.6 Å². The summed E-state index contributed by atoms with van der Waals surface area (Å²) in [5.41, 5.74) is 5.13. The summed E-state index contributed by atoms with van der Waals surface area (Å²) in [6.45, 7) is 0.258. The first-order valence-electron chi connectivity index (χ1n) is 11.6. The average molecular weight is 565 g/mol. The maximum atomic E-state index is 13.4. The SMILES string of the molecule is N=C(SC(=N)c1cccc(F)c1)C(=O)Nc1cnc2n(c1=O)C(C(=O)NCc1cc3cnc(N)cc3s1)CC2. The molecule has 0 radical (unpaired) electrons. The Balaban J connectivity index is 1.25. The molecule has 3 aromatic heterocycles. The third-order valence-corrected chi connectivity index (χ3v) is 7.91. The summed E-state index contributed by atoms with van der Waals surface area (Å²) >= 11 is 2.00. The lowest BCUT2D eigenvalue weighted by atomic mass is 10.2. The number of aromatic nitrogens is 3. The van der Waals surface area contributed by atoms with Crippen LogP contribution in [0.4, 0.5) is 15.9 Å². The van der Waals surface area contributed by atoms with E-state index in [-0.39, 0.29) is 28.7 Å². The lowest BCUT2D eigenvalue weighted by Gasteiger charge is -2.15. The second kappa shape index (κ2) is 10.7. The minimum atomic E-state index is -0.931. The topological polar surface area (TPSA) is 180 Å². The number of nitrogens with two attached hydrogens (primary N) is 1. The van der Waals surface area contributed by atoms with Gasteiger partial charge in [0.2, 0.25) is 5.91 Å². The molecule has 1 aliphatic rings. The molecule has 6 N–H and O–H groups in total. The Morgan fingerprint density at radius 1 is 1.21 bits per heavy atom. The lowest BCUT2D eigenvalue weighted by Crippen LogP contribution is -2.37. The minimum Gasteiger partial charge on any atom is -0.384 e. The Morgan fingerprint density at radius 2 is 2.03 bits per heavy atom. The largest absolute Gasteiger partial charge is 0.384 e. The molecule has 0 fully saturated rings. The minimum absolute atomic E-state index is 0.194. The van der Waals surface area contributed by atoms with Gasteiger partial charge in [-0.1, -0.05) is 12.1 Å². The predicted molar refractivity (Wildman–Crippen MR) is 149 cm³/mol. The fourth-order valence-electron chi connectivity index (χ4n) is 4.14. The third-order valence-electron chi connectivity index (χ3n) is 5.98. The summed E-state index contributed by atoms with van der Waals surface area (Å²) in [4.78, 5) is 48.0. The van der Waals surface area contributed by atoms with Crippen molar-refractivity contribution < 1.29 is 14.0 Å². The van der Waals surface area contributed by atoms with E-state index in [0.29, 0.717) is 36.2 Å². The summed E-state index contributed by atoms with van der Waals surface area (Å²) in [5, 5.41) is 21.4. The number of anilines is 2. The molecule has 1 aliphatic heterocycles. The molecular weight excluding hydrogens is 543 g/mol. The molecule has 0 bridgehead atoms. The molecule has 1 unspecified atom stereocenters.